The smallest absolute Gasteiger partial charge is 0.125 e. The minimum atomic E-state index is 0. The Labute approximate surface area is 234 Å². The fourth-order valence-corrected chi connectivity index (χ4v) is 3.63. The van der Waals surface area contributed by atoms with Crippen molar-refractivity contribution in [3.63, 3.8) is 0 Å². The lowest BCUT2D eigenvalue weighted by molar-refractivity contribution is 0.913. The summed E-state index contributed by atoms with van der Waals surface area (Å²) in [7, 11) is 3.98. The summed E-state index contributed by atoms with van der Waals surface area (Å²) in [5, 5.41) is 3.20. The van der Waals surface area contributed by atoms with E-state index >= 15 is 0 Å². The Morgan fingerprint density at radius 2 is 1.32 bits per heavy atom. The second kappa shape index (κ2) is 18.6. The lowest BCUT2D eigenvalue weighted by Gasteiger charge is -1.90. The van der Waals surface area contributed by atoms with Crippen LogP contribution in [0.3, 0.4) is 0 Å². The van der Waals surface area contributed by atoms with Crippen molar-refractivity contribution in [2.75, 3.05) is 0 Å². The van der Waals surface area contributed by atoms with Crippen LogP contribution in [0.5, 0.6) is 0 Å². The molecule has 0 aliphatic carbocycles. The Morgan fingerprint density at radius 1 is 0.658 bits per heavy atom. The van der Waals surface area contributed by atoms with E-state index in [0.29, 0.717) is 0 Å². The van der Waals surface area contributed by atoms with E-state index in [2.05, 4.69) is 82.6 Å². The molecular weight excluding hydrogens is 488 g/mol. The molecule has 0 fully saturated rings. The number of benzene rings is 1. The number of hydrogen-bond donors (Lipinski definition) is 0. The summed E-state index contributed by atoms with van der Waals surface area (Å²) in [6.07, 6.45) is 9.64. The van der Waals surface area contributed by atoms with E-state index in [9.17, 15) is 0 Å². The highest BCUT2D eigenvalue weighted by molar-refractivity contribution is 7.09. The molecule has 0 unspecified atom stereocenters. The van der Waals surface area contributed by atoms with Gasteiger partial charge in [-0.15, -0.1) is 11.3 Å². The molecule has 38 heavy (non-hydrogen) atoms. The van der Waals surface area contributed by atoms with Crippen LogP contribution in [-0.2, 0) is 14.1 Å². The Morgan fingerprint density at radius 3 is 1.53 bits per heavy atom. The fourth-order valence-electron chi connectivity index (χ4n) is 3.04. The first-order valence-electron chi connectivity index (χ1n) is 12.2. The van der Waals surface area contributed by atoms with Gasteiger partial charge in [0.25, 0.3) is 0 Å². The molecule has 0 spiro atoms. The maximum absolute atomic E-state index is 4.13. The zero-order valence-electron chi connectivity index (χ0n) is 24.0. The van der Waals surface area contributed by atoms with Gasteiger partial charge >= 0.3 is 0 Å². The van der Waals surface area contributed by atoms with Gasteiger partial charge in [-0.25, -0.2) is 19.9 Å². The van der Waals surface area contributed by atoms with Gasteiger partial charge in [-0.3, -0.25) is 0 Å². The Balaban J connectivity index is 0.000000448. The molecule has 4 heterocycles. The summed E-state index contributed by atoms with van der Waals surface area (Å²) >= 11 is 1.69. The zero-order valence-corrected chi connectivity index (χ0v) is 24.8. The molecular formula is C31H46N6S. The molecule has 0 bridgehead atoms. The van der Waals surface area contributed by atoms with Crippen LogP contribution in [0.4, 0.5) is 0 Å². The van der Waals surface area contributed by atoms with Crippen molar-refractivity contribution in [2.45, 2.75) is 62.8 Å². The van der Waals surface area contributed by atoms with Gasteiger partial charge in [0.05, 0.1) is 17.0 Å². The zero-order chi connectivity index (χ0) is 27.8. The Kier molecular flexibility index (Phi) is 16.9. The van der Waals surface area contributed by atoms with Crippen molar-refractivity contribution >= 4 is 11.3 Å². The number of aromatic nitrogens is 6. The average Bonchev–Trinajstić information content (AvgIpc) is 3.50. The number of imidazole rings is 1. The summed E-state index contributed by atoms with van der Waals surface area (Å²) in [6.45, 7) is 16.1. The Bertz CT molecular complexity index is 1080. The third-order valence-electron chi connectivity index (χ3n) is 4.64. The SMILES string of the molecule is C.Cc1cccc(C)c1.Cc1ccn(C)c1.Cc1ccnc(C)n1.Cc1cn(C)cn1.Cc1csc(C)n1. The first-order chi connectivity index (χ1) is 17.4. The molecule has 0 amide bonds. The van der Waals surface area contributed by atoms with Crippen LogP contribution in [0.1, 0.15) is 52.0 Å². The molecule has 0 N–H and O–H groups in total. The molecule has 4 aromatic heterocycles. The van der Waals surface area contributed by atoms with E-state index in [1.165, 1.54) is 16.7 Å². The number of nitrogens with zero attached hydrogens (tertiary/aromatic N) is 6. The van der Waals surface area contributed by atoms with Crippen LogP contribution in [-0.4, -0.2) is 29.1 Å². The van der Waals surface area contributed by atoms with Gasteiger partial charge < -0.3 is 9.13 Å². The van der Waals surface area contributed by atoms with E-state index in [4.69, 9.17) is 0 Å². The molecule has 0 saturated carbocycles. The van der Waals surface area contributed by atoms with E-state index in [0.717, 1.165) is 27.9 Å². The monoisotopic (exact) mass is 534 g/mol. The fraction of sp³-hybridized carbons (Fsp3) is 0.355. The molecule has 5 rings (SSSR count). The average molecular weight is 535 g/mol. The number of hydrogen-bond acceptors (Lipinski definition) is 5. The highest BCUT2D eigenvalue weighted by Crippen LogP contribution is 2.05. The normalized spacial score (nSPS) is 9.11. The van der Waals surface area contributed by atoms with E-state index in [1.54, 1.807) is 23.9 Å². The maximum Gasteiger partial charge on any atom is 0.125 e. The van der Waals surface area contributed by atoms with Crippen LogP contribution >= 0.6 is 11.3 Å². The third-order valence-corrected chi connectivity index (χ3v) is 5.53. The molecule has 0 aliphatic rings. The van der Waals surface area contributed by atoms with Crippen molar-refractivity contribution in [3.05, 3.63) is 117 Å². The van der Waals surface area contributed by atoms with Crippen LogP contribution < -0.4 is 0 Å². The highest BCUT2D eigenvalue weighted by Gasteiger charge is 1.86. The van der Waals surface area contributed by atoms with Gasteiger partial charge in [0, 0.05) is 55.7 Å². The minimum absolute atomic E-state index is 0. The van der Waals surface area contributed by atoms with Crippen LogP contribution in [0.15, 0.2) is 72.9 Å². The van der Waals surface area contributed by atoms with Crippen molar-refractivity contribution in [3.8, 4) is 0 Å². The predicted octanol–water partition coefficient (Wildman–Crippen LogP) is 7.85. The lowest BCUT2D eigenvalue weighted by atomic mass is 10.2. The first-order valence-corrected chi connectivity index (χ1v) is 13.0. The summed E-state index contributed by atoms with van der Waals surface area (Å²) in [6, 6.07) is 12.4. The molecule has 0 atom stereocenters. The molecule has 1 aromatic carbocycles. The Hall–Kier alpha value is -3.58. The second-order valence-electron chi connectivity index (χ2n) is 8.95. The molecule has 0 saturated heterocycles. The quantitative estimate of drug-likeness (QED) is 0.203. The minimum Gasteiger partial charge on any atom is -0.357 e. The van der Waals surface area contributed by atoms with Crippen molar-refractivity contribution in [2.24, 2.45) is 14.1 Å². The van der Waals surface area contributed by atoms with Crippen molar-refractivity contribution < 1.29 is 0 Å². The van der Waals surface area contributed by atoms with Gasteiger partial charge in [-0.05, 0) is 73.1 Å². The molecule has 0 radical (unpaired) electrons. The van der Waals surface area contributed by atoms with Gasteiger partial charge in [-0.2, -0.15) is 0 Å². The van der Waals surface area contributed by atoms with Crippen LogP contribution in [0.2, 0.25) is 0 Å². The van der Waals surface area contributed by atoms with Crippen LogP contribution in [0, 0.1) is 55.4 Å². The summed E-state index contributed by atoms with van der Waals surface area (Å²) < 4.78 is 3.96. The molecule has 5 aromatic rings. The predicted molar refractivity (Wildman–Crippen MR) is 164 cm³/mol. The highest BCUT2D eigenvalue weighted by atomic mass is 32.1. The van der Waals surface area contributed by atoms with Crippen molar-refractivity contribution in [1.82, 2.24) is 29.1 Å². The van der Waals surface area contributed by atoms with Gasteiger partial charge in [-0.1, -0.05) is 42.8 Å². The topological polar surface area (TPSA) is 61.4 Å². The largest absolute Gasteiger partial charge is 0.357 e. The van der Waals surface area contributed by atoms with Crippen molar-refractivity contribution in [1.29, 1.82) is 0 Å². The van der Waals surface area contributed by atoms with E-state index < -0.39 is 0 Å². The van der Waals surface area contributed by atoms with Gasteiger partial charge in [0.15, 0.2) is 0 Å². The molecule has 7 heteroatoms. The third kappa shape index (κ3) is 17.0. The second-order valence-corrected chi connectivity index (χ2v) is 10.0. The van der Waals surface area contributed by atoms with E-state index in [-0.39, 0.29) is 7.43 Å². The standard InChI is InChI=1S/C8H10.C6H8N2.C6H9N.C5H8N2.C5H7NS.CH4/c1-7-4-3-5-8(2)6-7;1-5-3-4-7-6(2)8-5;1-6-3-4-7(2)5-6;1-5-3-7(2)4-6-5;1-4-3-7-5(2)6-4;/h3-6H,1-2H3;3-4H,1-2H3;3-5H,1-2H3;3-4H,1-2H3;3H,1-2H3;1H4. The lowest BCUT2D eigenvalue weighted by Crippen LogP contribution is -1.86. The van der Waals surface area contributed by atoms with Gasteiger partial charge in [0.2, 0.25) is 0 Å². The van der Waals surface area contributed by atoms with Gasteiger partial charge in [0.1, 0.15) is 5.82 Å². The van der Waals surface area contributed by atoms with Crippen LogP contribution in [0.25, 0.3) is 0 Å². The summed E-state index contributed by atoms with van der Waals surface area (Å²) in [5.41, 5.74) is 7.22. The number of thiazole rings is 1. The molecule has 6 nitrogen and oxygen atoms in total. The number of rotatable bonds is 0. The molecule has 0 aliphatic heterocycles. The molecule has 206 valence electrons. The first kappa shape index (κ1) is 34.4. The van der Waals surface area contributed by atoms with E-state index in [1.807, 2.05) is 76.3 Å². The number of aryl methyl sites for hydroxylation is 10. The summed E-state index contributed by atoms with van der Waals surface area (Å²) in [4.78, 5) is 16.1. The maximum atomic E-state index is 4.13. The summed E-state index contributed by atoms with van der Waals surface area (Å²) in [5.74, 6) is 0.838.